The minimum Gasteiger partial charge on any atom is -0.422 e. The fourth-order valence-electron chi connectivity index (χ4n) is 2.20. The maximum Gasteiger partial charge on any atom is 0.346 e. The van der Waals surface area contributed by atoms with E-state index in [1.54, 1.807) is 18.2 Å². The number of rotatable bonds is 1. The molecule has 0 bridgehead atoms. The average Bonchev–Trinajstić information content (AvgIpc) is 2.41. The van der Waals surface area contributed by atoms with Gasteiger partial charge in [0.15, 0.2) is 6.29 Å². The summed E-state index contributed by atoms with van der Waals surface area (Å²) in [5.74, 6) is 0. The summed E-state index contributed by atoms with van der Waals surface area (Å²) in [6.45, 7) is 0. The summed E-state index contributed by atoms with van der Waals surface area (Å²) >= 11 is 4.35. The van der Waals surface area contributed by atoms with Crippen molar-refractivity contribution in [3.8, 4) is 0 Å². The molecule has 0 saturated heterocycles. The Balaban J connectivity index is 2.70. The average molecular weight is 271 g/mol. The number of carbonyl (C=O) groups excluding carboxylic acids is 1. The summed E-state index contributed by atoms with van der Waals surface area (Å²) < 4.78 is 5.22. The van der Waals surface area contributed by atoms with Gasteiger partial charge in [-0.2, -0.15) is 0 Å². The maximum absolute atomic E-state index is 12.0. The first-order valence-electron chi connectivity index (χ1n) is 5.55. The van der Waals surface area contributed by atoms with Crippen molar-refractivity contribution >= 4 is 46.3 Å². The Morgan fingerprint density at radius 1 is 1.21 bits per heavy atom. The molecule has 3 rings (SSSR count). The summed E-state index contributed by atoms with van der Waals surface area (Å²) in [6, 6.07) is 8.69. The van der Waals surface area contributed by atoms with Gasteiger partial charge in [-0.15, -0.1) is 12.6 Å². The van der Waals surface area contributed by atoms with E-state index in [9.17, 15) is 9.59 Å². The Labute approximate surface area is 113 Å². The Kier molecular flexibility index (Phi) is 2.57. The van der Waals surface area contributed by atoms with Crippen LogP contribution < -0.4 is 11.4 Å². The number of nitrogens with two attached hydrogens (primary N) is 1. The van der Waals surface area contributed by atoms with E-state index < -0.39 is 5.63 Å². The van der Waals surface area contributed by atoms with Crippen molar-refractivity contribution in [2.45, 2.75) is 4.90 Å². The van der Waals surface area contributed by atoms with Crippen LogP contribution in [0.5, 0.6) is 0 Å². The zero-order valence-corrected chi connectivity index (χ0v) is 10.6. The predicted octanol–water partition coefficient (Wildman–Crippen LogP) is 2.63. The first-order chi connectivity index (χ1) is 9.13. The van der Waals surface area contributed by atoms with Crippen molar-refractivity contribution in [1.29, 1.82) is 0 Å². The van der Waals surface area contributed by atoms with E-state index >= 15 is 0 Å². The zero-order valence-electron chi connectivity index (χ0n) is 9.71. The lowest BCUT2D eigenvalue weighted by Gasteiger charge is -2.09. The molecule has 2 aromatic carbocycles. The van der Waals surface area contributed by atoms with E-state index in [1.807, 2.05) is 12.1 Å². The molecule has 94 valence electrons. The van der Waals surface area contributed by atoms with Crippen LogP contribution in [0.25, 0.3) is 21.7 Å². The molecule has 0 unspecified atom stereocenters. The van der Waals surface area contributed by atoms with Crippen molar-refractivity contribution < 1.29 is 9.21 Å². The maximum atomic E-state index is 12.0. The number of fused-ring (bicyclic) bond motifs is 3. The third kappa shape index (κ3) is 1.62. The van der Waals surface area contributed by atoms with Crippen LogP contribution in [0.15, 0.2) is 44.4 Å². The fourth-order valence-corrected chi connectivity index (χ4v) is 2.57. The zero-order chi connectivity index (χ0) is 13.6. The molecule has 0 saturated carbocycles. The molecule has 4 nitrogen and oxygen atoms in total. The Morgan fingerprint density at radius 2 is 1.95 bits per heavy atom. The van der Waals surface area contributed by atoms with Crippen LogP contribution in [0.2, 0.25) is 0 Å². The van der Waals surface area contributed by atoms with Gasteiger partial charge in [0.2, 0.25) is 0 Å². The van der Waals surface area contributed by atoms with Gasteiger partial charge >= 0.3 is 5.63 Å². The second kappa shape index (κ2) is 4.13. The molecular weight excluding hydrogens is 262 g/mol. The van der Waals surface area contributed by atoms with Crippen LogP contribution in [-0.4, -0.2) is 6.29 Å². The van der Waals surface area contributed by atoms with Crippen LogP contribution in [0.1, 0.15) is 10.4 Å². The quantitative estimate of drug-likeness (QED) is 0.234. The van der Waals surface area contributed by atoms with Crippen molar-refractivity contribution in [3.05, 3.63) is 46.3 Å². The smallest absolute Gasteiger partial charge is 0.346 e. The van der Waals surface area contributed by atoms with Crippen molar-refractivity contribution in [2.75, 3.05) is 5.73 Å². The van der Waals surface area contributed by atoms with E-state index in [1.165, 1.54) is 0 Å². The van der Waals surface area contributed by atoms with Crippen LogP contribution in [0.3, 0.4) is 0 Å². The highest BCUT2D eigenvalue weighted by atomic mass is 32.1. The van der Waals surface area contributed by atoms with Crippen LogP contribution in [0, 0.1) is 0 Å². The SMILES string of the molecule is Nc1c(C=O)cc(S)c2c1c(=O)oc1ccccc12. The number of benzene rings is 2. The second-order valence-electron chi connectivity index (χ2n) is 4.15. The lowest BCUT2D eigenvalue weighted by Crippen LogP contribution is -2.06. The molecule has 0 aliphatic heterocycles. The van der Waals surface area contributed by atoms with Gasteiger partial charge in [-0.05, 0) is 12.1 Å². The standard InChI is InChI=1S/C14H9NO3S/c15-13-7(6-16)5-10(19)11-8-3-1-2-4-9(8)18-14(17)12(11)13/h1-6,19H,15H2. The van der Waals surface area contributed by atoms with Crippen molar-refractivity contribution in [2.24, 2.45) is 0 Å². The topological polar surface area (TPSA) is 73.3 Å². The molecular formula is C14H9NO3S. The van der Waals surface area contributed by atoms with Gasteiger partial charge < -0.3 is 10.2 Å². The largest absolute Gasteiger partial charge is 0.422 e. The molecule has 0 atom stereocenters. The molecule has 5 heteroatoms. The number of anilines is 1. The minimum absolute atomic E-state index is 0.127. The molecule has 0 fully saturated rings. The molecule has 0 aliphatic carbocycles. The highest BCUT2D eigenvalue weighted by Crippen LogP contribution is 2.33. The first-order valence-corrected chi connectivity index (χ1v) is 6.00. The van der Waals surface area contributed by atoms with Crippen LogP contribution >= 0.6 is 12.6 Å². The first kappa shape index (κ1) is 11.8. The van der Waals surface area contributed by atoms with Crippen LogP contribution in [-0.2, 0) is 0 Å². The third-order valence-corrected chi connectivity index (χ3v) is 3.42. The van der Waals surface area contributed by atoms with Crippen molar-refractivity contribution in [1.82, 2.24) is 0 Å². The minimum atomic E-state index is -0.565. The highest BCUT2D eigenvalue weighted by molar-refractivity contribution is 7.80. The molecule has 0 radical (unpaired) electrons. The number of para-hydroxylation sites is 1. The third-order valence-electron chi connectivity index (χ3n) is 3.07. The van der Waals surface area contributed by atoms with Crippen LogP contribution in [0.4, 0.5) is 5.69 Å². The molecule has 1 aromatic heterocycles. The van der Waals surface area contributed by atoms with E-state index in [2.05, 4.69) is 12.6 Å². The number of hydrogen-bond acceptors (Lipinski definition) is 5. The summed E-state index contributed by atoms with van der Waals surface area (Å²) in [5.41, 5.74) is 6.13. The summed E-state index contributed by atoms with van der Waals surface area (Å²) in [7, 11) is 0. The molecule has 19 heavy (non-hydrogen) atoms. The van der Waals surface area contributed by atoms with Crippen molar-refractivity contribution in [3.63, 3.8) is 0 Å². The van der Waals surface area contributed by atoms with Gasteiger partial charge in [0.1, 0.15) is 5.58 Å². The van der Waals surface area contributed by atoms with Gasteiger partial charge in [-0.25, -0.2) is 4.79 Å². The highest BCUT2D eigenvalue weighted by Gasteiger charge is 2.15. The predicted molar refractivity (Wildman–Crippen MR) is 77.0 cm³/mol. The number of nitrogen functional groups attached to an aromatic ring is 1. The number of aldehydes is 1. The molecule has 0 spiro atoms. The van der Waals surface area contributed by atoms with Gasteiger partial charge in [0.05, 0.1) is 11.1 Å². The van der Waals surface area contributed by atoms with E-state index in [-0.39, 0.29) is 16.6 Å². The van der Waals surface area contributed by atoms with Gasteiger partial charge in [-0.1, -0.05) is 18.2 Å². The number of carbonyl (C=O) groups is 1. The van der Waals surface area contributed by atoms with E-state index in [4.69, 9.17) is 10.2 Å². The van der Waals surface area contributed by atoms with E-state index in [0.717, 1.165) is 5.39 Å². The normalized spacial score (nSPS) is 11.0. The molecule has 2 N–H and O–H groups in total. The van der Waals surface area contributed by atoms with Gasteiger partial charge in [0.25, 0.3) is 0 Å². The monoisotopic (exact) mass is 271 g/mol. The lowest BCUT2D eigenvalue weighted by atomic mass is 10.0. The lowest BCUT2D eigenvalue weighted by molar-refractivity contribution is 0.112. The molecule has 1 heterocycles. The summed E-state index contributed by atoms with van der Waals surface area (Å²) in [5, 5.41) is 1.55. The van der Waals surface area contributed by atoms with Gasteiger partial charge in [0, 0.05) is 21.2 Å². The molecule has 0 amide bonds. The Hall–Kier alpha value is -2.27. The van der Waals surface area contributed by atoms with Gasteiger partial charge in [-0.3, -0.25) is 4.79 Å². The summed E-state index contributed by atoms with van der Waals surface area (Å²) in [6.07, 6.45) is 0.600. The second-order valence-corrected chi connectivity index (χ2v) is 4.63. The number of hydrogen-bond donors (Lipinski definition) is 2. The fraction of sp³-hybridized carbons (Fsp3) is 0. The summed E-state index contributed by atoms with van der Waals surface area (Å²) in [4.78, 5) is 23.5. The number of thiol groups is 1. The molecule has 0 aliphatic rings. The van der Waals surface area contributed by atoms with E-state index in [0.29, 0.717) is 22.2 Å². The molecule has 3 aromatic rings. The Bertz CT molecular complexity index is 883. The Morgan fingerprint density at radius 3 is 2.68 bits per heavy atom.